The second-order valence-electron chi connectivity index (χ2n) is 14.1. The van der Waals surface area contributed by atoms with Gasteiger partial charge in [-0.1, -0.05) is 52.8 Å². The number of hydrogen-bond donors (Lipinski definition) is 4. The van der Waals surface area contributed by atoms with E-state index in [2.05, 4.69) is 39.9 Å². The minimum Gasteiger partial charge on any atom is -0.493 e. The number of aliphatic hydroxyl groups excluding tert-OH is 2. The van der Waals surface area contributed by atoms with Gasteiger partial charge in [-0.05, 0) is 67.2 Å². The molecule has 254 valence electrons. The van der Waals surface area contributed by atoms with Gasteiger partial charge in [0.1, 0.15) is 17.9 Å². The van der Waals surface area contributed by atoms with Crippen LogP contribution in [0.1, 0.15) is 70.8 Å². The van der Waals surface area contributed by atoms with Crippen LogP contribution in [-0.2, 0) is 16.2 Å². The molecule has 1 saturated heterocycles. The summed E-state index contributed by atoms with van der Waals surface area (Å²) in [5, 5.41) is 35.8. The lowest BCUT2D eigenvalue weighted by molar-refractivity contribution is -0.182. The number of anilines is 1. The Morgan fingerprint density at radius 3 is 2.46 bits per heavy atom. The first-order chi connectivity index (χ1) is 21.6. The molecule has 8 atom stereocenters. The first-order valence-corrected chi connectivity index (χ1v) is 16.5. The fraction of sp³-hybridized carbons (Fsp3) is 0.611. The van der Waals surface area contributed by atoms with Crippen LogP contribution in [0.2, 0.25) is 0 Å². The lowest BCUT2D eigenvalue weighted by Crippen LogP contribution is -2.56. The number of carboxylic acid groups (broad SMARTS) is 1. The Morgan fingerprint density at radius 2 is 1.87 bits per heavy atom. The summed E-state index contributed by atoms with van der Waals surface area (Å²) in [6.45, 7) is 14.9. The third kappa shape index (κ3) is 7.05. The predicted molar refractivity (Wildman–Crippen MR) is 179 cm³/mol. The maximum Gasteiger partial charge on any atom is 0.335 e. The number of amides is 1. The first kappa shape index (κ1) is 35.7. The summed E-state index contributed by atoms with van der Waals surface area (Å²) in [5.41, 5.74) is 3.14. The molecule has 1 aliphatic heterocycles. The van der Waals surface area contributed by atoms with Crippen molar-refractivity contribution in [2.24, 2.45) is 29.1 Å². The molecule has 4 N–H and O–H groups in total. The third-order valence-electron chi connectivity index (χ3n) is 10.9. The van der Waals surface area contributed by atoms with Gasteiger partial charge in [-0.15, -0.1) is 0 Å². The van der Waals surface area contributed by atoms with Gasteiger partial charge in [0, 0.05) is 42.9 Å². The van der Waals surface area contributed by atoms with Crippen molar-refractivity contribution < 1.29 is 34.5 Å². The maximum atomic E-state index is 14.2. The van der Waals surface area contributed by atoms with E-state index in [1.165, 1.54) is 0 Å². The lowest BCUT2D eigenvalue weighted by Gasteiger charge is -2.50. The average Bonchev–Trinajstić information content (AvgIpc) is 3.38. The summed E-state index contributed by atoms with van der Waals surface area (Å²) in [4.78, 5) is 34.3. The summed E-state index contributed by atoms with van der Waals surface area (Å²) < 4.78 is 6.19. The quantitative estimate of drug-likeness (QED) is 0.274. The number of nitrogens with zero attached hydrogens (tertiary/aromatic N) is 2. The van der Waals surface area contributed by atoms with E-state index in [-0.39, 0.29) is 42.0 Å². The Labute approximate surface area is 273 Å². The molecule has 2 aliphatic rings. The van der Waals surface area contributed by atoms with E-state index in [9.17, 15) is 24.9 Å². The van der Waals surface area contributed by atoms with Crippen molar-refractivity contribution in [3.8, 4) is 16.9 Å². The maximum absolute atomic E-state index is 14.2. The van der Waals surface area contributed by atoms with Crippen molar-refractivity contribution in [1.29, 1.82) is 0 Å². The molecule has 2 aromatic rings. The SMILES string of the molecule is CCOc1c(CN2O[C@@H](CO)[C@@H]([C@H](C)O)[C@H]2C(=O)N[C@H]2C[C@@H](C)C(C)(C)[C@@H](C)[C@@H]2C)cccc1-c1cc(C(=O)O)cc(N(C)C)c1. The molecule has 0 aromatic heterocycles. The molecule has 0 bridgehead atoms. The number of carboxylic acids is 1. The smallest absolute Gasteiger partial charge is 0.335 e. The third-order valence-corrected chi connectivity index (χ3v) is 10.9. The number of nitrogens with one attached hydrogen (secondary N) is 1. The van der Waals surface area contributed by atoms with E-state index in [4.69, 9.17) is 9.57 Å². The molecule has 2 fully saturated rings. The minimum absolute atomic E-state index is 0.0371. The van der Waals surface area contributed by atoms with Gasteiger partial charge in [-0.25, -0.2) is 4.79 Å². The number of carbonyl (C=O) groups excluding carboxylic acids is 1. The fourth-order valence-corrected chi connectivity index (χ4v) is 7.28. The van der Waals surface area contributed by atoms with Crippen molar-refractivity contribution in [2.75, 3.05) is 32.2 Å². The predicted octanol–water partition coefficient (Wildman–Crippen LogP) is 4.81. The number of para-hydroxylation sites is 1. The van der Waals surface area contributed by atoms with Gasteiger partial charge < -0.3 is 30.3 Å². The average molecular weight is 640 g/mol. The standard InChI is InChI=1S/C36H53N3O7/c1-10-45-33-24(12-11-13-28(33)25-15-26(35(43)44)17-27(16-25)38(8)9)18-39-32(31(23(5)41)30(19-40)46-39)34(42)37-29-14-20(2)36(6,7)22(4)21(29)3/h11-13,15-17,20-23,29-32,40-41H,10,14,18-19H2,1-9H3,(H,37,42)(H,43,44)/t20-,21+,22+,23+,29+,30+,31-,32+/m1/s1. The highest BCUT2D eigenvalue weighted by molar-refractivity contribution is 5.92. The molecule has 0 radical (unpaired) electrons. The van der Waals surface area contributed by atoms with Crippen LogP contribution in [0.25, 0.3) is 11.1 Å². The largest absolute Gasteiger partial charge is 0.493 e. The zero-order chi connectivity index (χ0) is 34.1. The molecule has 1 amide bonds. The number of hydrogen-bond acceptors (Lipinski definition) is 8. The van der Waals surface area contributed by atoms with Crippen molar-refractivity contribution >= 4 is 17.6 Å². The fourth-order valence-electron chi connectivity index (χ4n) is 7.28. The summed E-state index contributed by atoms with van der Waals surface area (Å²) in [5.74, 6) is -0.342. The number of aromatic carboxylic acids is 1. The monoisotopic (exact) mass is 639 g/mol. The minimum atomic E-state index is -1.03. The Bertz CT molecular complexity index is 1390. The summed E-state index contributed by atoms with van der Waals surface area (Å²) in [6, 6.07) is 9.90. The number of carbonyl (C=O) groups is 2. The van der Waals surface area contributed by atoms with Crippen LogP contribution in [0.5, 0.6) is 5.75 Å². The number of aliphatic hydroxyl groups is 2. The van der Waals surface area contributed by atoms with Gasteiger partial charge >= 0.3 is 5.97 Å². The second kappa shape index (κ2) is 14.3. The zero-order valence-electron chi connectivity index (χ0n) is 28.8. The Balaban J connectivity index is 1.72. The van der Waals surface area contributed by atoms with Crippen LogP contribution in [0.15, 0.2) is 36.4 Å². The number of ether oxygens (including phenoxy) is 1. The summed E-state index contributed by atoms with van der Waals surface area (Å²) in [6.07, 6.45) is -0.842. The van der Waals surface area contributed by atoms with Crippen molar-refractivity contribution in [3.63, 3.8) is 0 Å². The Morgan fingerprint density at radius 1 is 1.17 bits per heavy atom. The van der Waals surface area contributed by atoms with Crippen LogP contribution in [0.3, 0.4) is 0 Å². The highest BCUT2D eigenvalue weighted by atomic mass is 16.7. The summed E-state index contributed by atoms with van der Waals surface area (Å²) >= 11 is 0. The first-order valence-electron chi connectivity index (χ1n) is 16.5. The van der Waals surface area contributed by atoms with Crippen LogP contribution in [-0.4, -0.2) is 83.9 Å². The Hall–Kier alpha value is -3.18. The van der Waals surface area contributed by atoms with Crippen LogP contribution in [0.4, 0.5) is 5.69 Å². The van der Waals surface area contributed by atoms with Gasteiger partial charge in [-0.3, -0.25) is 9.63 Å². The van der Waals surface area contributed by atoms with Crippen molar-refractivity contribution in [2.45, 2.75) is 85.7 Å². The molecular formula is C36H53N3O7. The van der Waals surface area contributed by atoms with E-state index in [0.29, 0.717) is 35.3 Å². The highest BCUT2D eigenvalue weighted by Crippen LogP contribution is 2.47. The van der Waals surface area contributed by atoms with Gasteiger partial charge in [-0.2, -0.15) is 5.06 Å². The number of hydroxylamine groups is 2. The van der Waals surface area contributed by atoms with Crippen LogP contribution in [0, 0.1) is 29.1 Å². The van der Waals surface area contributed by atoms with Gasteiger partial charge in [0.2, 0.25) is 5.91 Å². The summed E-state index contributed by atoms with van der Waals surface area (Å²) in [7, 11) is 3.71. The number of rotatable bonds is 11. The molecule has 1 saturated carbocycles. The van der Waals surface area contributed by atoms with E-state index in [1.54, 1.807) is 24.1 Å². The van der Waals surface area contributed by atoms with Gasteiger partial charge in [0.25, 0.3) is 0 Å². The van der Waals surface area contributed by atoms with Gasteiger partial charge in [0.15, 0.2) is 0 Å². The Kier molecular flexibility index (Phi) is 11.1. The normalized spacial score (nSPS) is 28.5. The number of benzene rings is 2. The second-order valence-corrected chi connectivity index (χ2v) is 14.1. The molecule has 1 heterocycles. The van der Waals surface area contributed by atoms with E-state index in [0.717, 1.165) is 17.7 Å². The molecule has 10 heteroatoms. The van der Waals surface area contributed by atoms with Gasteiger partial charge in [0.05, 0.1) is 31.4 Å². The van der Waals surface area contributed by atoms with E-state index in [1.807, 2.05) is 50.2 Å². The molecule has 2 aromatic carbocycles. The lowest BCUT2D eigenvalue weighted by atomic mass is 9.58. The molecule has 1 aliphatic carbocycles. The zero-order valence-corrected chi connectivity index (χ0v) is 28.8. The molecule has 46 heavy (non-hydrogen) atoms. The van der Waals surface area contributed by atoms with Crippen molar-refractivity contribution in [3.05, 3.63) is 47.5 Å². The van der Waals surface area contributed by atoms with E-state index >= 15 is 0 Å². The highest BCUT2D eigenvalue weighted by Gasteiger charge is 2.51. The van der Waals surface area contributed by atoms with Crippen LogP contribution < -0.4 is 15.0 Å². The molecule has 10 nitrogen and oxygen atoms in total. The molecule has 0 unspecified atom stereocenters. The molecule has 4 rings (SSSR count). The molecule has 0 spiro atoms. The van der Waals surface area contributed by atoms with E-state index < -0.39 is 30.1 Å². The molecular weight excluding hydrogens is 586 g/mol. The van der Waals surface area contributed by atoms with Crippen LogP contribution >= 0.6 is 0 Å². The topological polar surface area (TPSA) is 132 Å². The van der Waals surface area contributed by atoms with Crippen molar-refractivity contribution in [1.82, 2.24) is 10.4 Å².